The Morgan fingerprint density at radius 3 is 1.43 bits per heavy atom. The highest BCUT2D eigenvalue weighted by Crippen LogP contribution is 2.49. The number of hydrogen-bond acceptors (Lipinski definition) is 4. The minimum atomic E-state index is -5.26. The van der Waals surface area contributed by atoms with E-state index in [-0.39, 0.29) is 6.42 Å². The Morgan fingerprint density at radius 2 is 1.14 bits per heavy atom. The van der Waals surface area contributed by atoms with E-state index in [0.29, 0.717) is 0 Å². The van der Waals surface area contributed by atoms with E-state index in [2.05, 4.69) is 9.47 Å². The van der Waals surface area contributed by atoms with Crippen molar-refractivity contribution in [3.8, 4) is 0 Å². The summed E-state index contributed by atoms with van der Waals surface area (Å²) in [4.78, 5) is 22.9. The highest BCUT2D eigenvalue weighted by atomic mass is 19.4. The largest absolute Gasteiger partial charge is 0.575 e. The second-order valence-electron chi connectivity index (χ2n) is 4.73. The van der Waals surface area contributed by atoms with E-state index in [1.807, 2.05) is 0 Å². The van der Waals surface area contributed by atoms with Crippen LogP contribution in [0.15, 0.2) is 12.2 Å². The molecule has 0 aromatic rings. The summed E-state index contributed by atoms with van der Waals surface area (Å²) in [6, 6.07) is 0. The van der Waals surface area contributed by atoms with Gasteiger partial charge >= 0.3 is 24.7 Å². The molecule has 0 aromatic carbocycles. The number of alkyl halides is 6. The van der Waals surface area contributed by atoms with Crippen molar-refractivity contribution in [1.82, 2.24) is 0 Å². The molecule has 0 aromatic heterocycles. The molecule has 2 rings (SSSR count). The zero-order valence-corrected chi connectivity index (χ0v) is 10.1. The Hall–Kier alpha value is -1.74. The fourth-order valence-electron chi connectivity index (χ4n) is 2.83. The molecule has 1 saturated carbocycles. The number of allylic oxidation sites excluding steroid dienone is 2. The van der Waals surface area contributed by atoms with Crippen molar-refractivity contribution >= 4 is 11.9 Å². The SMILES string of the molecule is O=C(OC(F)(F)F)C1C2C=CC(C2)C1C(=O)OC(F)(F)F. The third-order valence-corrected chi connectivity index (χ3v) is 3.44. The average molecular weight is 318 g/mol. The number of esters is 2. The average Bonchev–Trinajstić information content (AvgIpc) is 2.82. The lowest BCUT2D eigenvalue weighted by Gasteiger charge is -2.25. The quantitative estimate of drug-likeness (QED) is 0.446. The lowest BCUT2D eigenvalue weighted by atomic mass is 9.83. The predicted molar refractivity (Wildman–Crippen MR) is 52.0 cm³/mol. The summed E-state index contributed by atoms with van der Waals surface area (Å²) < 4.78 is 78.7. The van der Waals surface area contributed by atoms with Crippen molar-refractivity contribution in [2.75, 3.05) is 0 Å². The highest BCUT2D eigenvalue weighted by molar-refractivity contribution is 5.84. The fourth-order valence-corrected chi connectivity index (χ4v) is 2.83. The second kappa shape index (κ2) is 4.92. The van der Waals surface area contributed by atoms with Gasteiger partial charge in [0, 0.05) is 0 Å². The van der Waals surface area contributed by atoms with Gasteiger partial charge in [-0.3, -0.25) is 9.59 Å². The Balaban J connectivity index is 2.17. The third-order valence-electron chi connectivity index (χ3n) is 3.44. The van der Waals surface area contributed by atoms with Gasteiger partial charge in [0.05, 0.1) is 11.8 Å². The van der Waals surface area contributed by atoms with Gasteiger partial charge in [-0.15, -0.1) is 26.3 Å². The van der Waals surface area contributed by atoms with E-state index in [4.69, 9.17) is 0 Å². The highest BCUT2D eigenvalue weighted by Gasteiger charge is 2.56. The van der Waals surface area contributed by atoms with E-state index in [0.717, 1.165) is 0 Å². The number of fused-ring (bicyclic) bond motifs is 2. The van der Waals surface area contributed by atoms with Crippen molar-refractivity contribution in [3.63, 3.8) is 0 Å². The molecule has 10 heteroatoms. The van der Waals surface area contributed by atoms with Gasteiger partial charge in [0.2, 0.25) is 0 Å². The number of rotatable bonds is 2. The zero-order valence-electron chi connectivity index (χ0n) is 10.1. The van der Waals surface area contributed by atoms with E-state index in [9.17, 15) is 35.9 Å². The first-order valence-electron chi connectivity index (χ1n) is 5.75. The maximum Gasteiger partial charge on any atom is 0.575 e. The summed E-state index contributed by atoms with van der Waals surface area (Å²) >= 11 is 0. The second-order valence-corrected chi connectivity index (χ2v) is 4.73. The lowest BCUT2D eigenvalue weighted by Crippen LogP contribution is -2.39. The van der Waals surface area contributed by atoms with Crippen LogP contribution in [-0.4, -0.2) is 24.7 Å². The zero-order chi connectivity index (χ0) is 16.0. The third kappa shape index (κ3) is 3.48. The summed E-state index contributed by atoms with van der Waals surface area (Å²) in [7, 11) is 0. The van der Waals surface area contributed by atoms with Crippen LogP contribution in [0.2, 0.25) is 0 Å². The molecule has 2 aliphatic carbocycles. The molecule has 4 nitrogen and oxygen atoms in total. The molecule has 0 spiro atoms. The standard InChI is InChI=1S/C11H8F6O4/c12-10(13,14)20-8(18)6-4-1-2-5(3-4)7(6)9(19)21-11(15,16)17/h1-2,4-7H,3H2. The molecule has 2 aliphatic rings. The molecule has 0 amide bonds. The first kappa shape index (κ1) is 15.6. The molecule has 4 atom stereocenters. The van der Waals surface area contributed by atoms with Crippen molar-refractivity contribution in [1.29, 1.82) is 0 Å². The topological polar surface area (TPSA) is 52.6 Å². The van der Waals surface area contributed by atoms with Gasteiger partial charge < -0.3 is 9.47 Å². The predicted octanol–water partition coefficient (Wildman–Crippen LogP) is 2.55. The smallest absolute Gasteiger partial charge is 0.373 e. The van der Waals surface area contributed by atoms with Crippen LogP contribution in [-0.2, 0) is 19.1 Å². The van der Waals surface area contributed by atoms with Crippen LogP contribution < -0.4 is 0 Å². The van der Waals surface area contributed by atoms with Gasteiger partial charge in [-0.05, 0) is 18.3 Å². The van der Waals surface area contributed by atoms with E-state index in [1.165, 1.54) is 12.2 Å². The monoisotopic (exact) mass is 318 g/mol. The van der Waals surface area contributed by atoms with E-state index in [1.54, 1.807) is 0 Å². The van der Waals surface area contributed by atoms with Crippen LogP contribution in [0.3, 0.4) is 0 Å². The normalized spacial score (nSPS) is 31.3. The van der Waals surface area contributed by atoms with Crippen molar-refractivity contribution < 1.29 is 45.4 Å². The molecule has 2 bridgehead atoms. The minimum Gasteiger partial charge on any atom is -0.373 e. The number of halogens is 6. The Labute approximate surface area is 113 Å². The van der Waals surface area contributed by atoms with Crippen LogP contribution in [0.5, 0.6) is 0 Å². The Morgan fingerprint density at radius 1 is 0.810 bits per heavy atom. The van der Waals surface area contributed by atoms with Gasteiger partial charge in [-0.2, -0.15) is 0 Å². The summed E-state index contributed by atoms with van der Waals surface area (Å²) in [6.45, 7) is 0. The van der Waals surface area contributed by atoms with Crippen LogP contribution >= 0.6 is 0 Å². The number of carbonyl (C=O) groups is 2. The molecule has 0 aliphatic heterocycles. The van der Waals surface area contributed by atoms with E-state index >= 15 is 0 Å². The van der Waals surface area contributed by atoms with Gasteiger partial charge in [-0.1, -0.05) is 12.2 Å². The van der Waals surface area contributed by atoms with Crippen molar-refractivity contribution in [2.45, 2.75) is 19.1 Å². The fraction of sp³-hybridized carbons (Fsp3) is 0.636. The van der Waals surface area contributed by atoms with E-state index < -0.39 is 48.3 Å². The van der Waals surface area contributed by atoms with Crippen LogP contribution in [0.1, 0.15) is 6.42 Å². The molecule has 21 heavy (non-hydrogen) atoms. The maximum atomic E-state index is 12.0. The molecule has 4 unspecified atom stereocenters. The Kier molecular flexibility index (Phi) is 3.66. The van der Waals surface area contributed by atoms with Gasteiger partial charge in [0.1, 0.15) is 0 Å². The van der Waals surface area contributed by atoms with Crippen molar-refractivity contribution in [2.24, 2.45) is 23.7 Å². The molecular formula is C11H8F6O4. The van der Waals surface area contributed by atoms with Gasteiger partial charge in [-0.25, -0.2) is 0 Å². The number of carbonyl (C=O) groups excluding carboxylic acids is 2. The summed E-state index contributed by atoms with van der Waals surface area (Å²) in [5.41, 5.74) is 0. The van der Waals surface area contributed by atoms with Gasteiger partial charge in [0.25, 0.3) is 0 Å². The lowest BCUT2D eigenvalue weighted by molar-refractivity contribution is -0.314. The molecule has 0 radical (unpaired) electrons. The molecule has 1 fully saturated rings. The van der Waals surface area contributed by atoms with Gasteiger partial charge in [0.15, 0.2) is 0 Å². The van der Waals surface area contributed by atoms with Crippen LogP contribution in [0.4, 0.5) is 26.3 Å². The molecule has 0 saturated heterocycles. The maximum absolute atomic E-state index is 12.0. The number of hydrogen-bond donors (Lipinski definition) is 0. The summed E-state index contributed by atoms with van der Waals surface area (Å²) in [5, 5.41) is 0. The van der Waals surface area contributed by atoms with Crippen molar-refractivity contribution in [3.05, 3.63) is 12.2 Å². The molecule has 118 valence electrons. The summed E-state index contributed by atoms with van der Waals surface area (Å²) in [5.74, 6) is -8.34. The number of ether oxygens (including phenoxy) is 2. The first-order valence-corrected chi connectivity index (χ1v) is 5.75. The first-order chi connectivity index (χ1) is 9.48. The summed E-state index contributed by atoms with van der Waals surface area (Å²) in [6.07, 6.45) is -7.63. The molecule has 0 heterocycles. The van der Waals surface area contributed by atoms with Crippen LogP contribution in [0.25, 0.3) is 0 Å². The Bertz CT molecular complexity index is 438. The minimum absolute atomic E-state index is 0.106. The molecular weight excluding hydrogens is 310 g/mol. The van der Waals surface area contributed by atoms with Crippen LogP contribution in [0, 0.1) is 23.7 Å². The molecule has 0 N–H and O–H groups in total.